The van der Waals surface area contributed by atoms with Crippen molar-refractivity contribution in [3.8, 4) is 0 Å². The van der Waals surface area contributed by atoms with E-state index in [1.807, 2.05) is 36.1 Å². The highest BCUT2D eigenvalue weighted by Gasteiger charge is 2.47. The van der Waals surface area contributed by atoms with E-state index in [9.17, 15) is 9.59 Å². The zero-order valence-corrected chi connectivity index (χ0v) is 13.6. The minimum Gasteiger partial charge on any atom is -0.339 e. The Hall–Kier alpha value is -1.84. The van der Waals surface area contributed by atoms with Crippen molar-refractivity contribution in [2.75, 3.05) is 11.9 Å². The number of nitrogens with zero attached hydrogens (tertiary/aromatic N) is 1. The van der Waals surface area contributed by atoms with Crippen molar-refractivity contribution < 1.29 is 9.59 Å². The number of carbonyl (C=O) groups is 2. The molecule has 1 aromatic rings. The van der Waals surface area contributed by atoms with Crippen molar-refractivity contribution in [1.29, 1.82) is 0 Å². The molecular formula is C19H24N2O2. The third-order valence-electron chi connectivity index (χ3n) is 5.95. The second-order valence-corrected chi connectivity index (χ2v) is 7.54. The number of anilines is 1. The van der Waals surface area contributed by atoms with Gasteiger partial charge in [0.1, 0.15) is 0 Å². The Morgan fingerprint density at radius 3 is 2.61 bits per heavy atom. The molecule has 1 aromatic carbocycles. The zero-order chi connectivity index (χ0) is 16.0. The van der Waals surface area contributed by atoms with Gasteiger partial charge in [0.15, 0.2) is 0 Å². The maximum absolute atomic E-state index is 12.5. The average molecular weight is 312 g/mol. The molecule has 1 heterocycles. The van der Waals surface area contributed by atoms with Crippen LogP contribution >= 0.6 is 0 Å². The number of hydrogen-bond acceptors (Lipinski definition) is 2. The van der Waals surface area contributed by atoms with Crippen LogP contribution < -0.4 is 5.32 Å². The van der Waals surface area contributed by atoms with E-state index < -0.39 is 0 Å². The maximum atomic E-state index is 12.5. The van der Waals surface area contributed by atoms with Gasteiger partial charge in [-0.15, -0.1) is 0 Å². The Kier molecular flexibility index (Phi) is 3.63. The Morgan fingerprint density at radius 1 is 1.17 bits per heavy atom. The molecule has 122 valence electrons. The quantitative estimate of drug-likeness (QED) is 0.933. The highest BCUT2D eigenvalue weighted by Crippen LogP contribution is 2.47. The molecule has 2 amide bonds. The van der Waals surface area contributed by atoms with Gasteiger partial charge in [-0.2, -0.15) is 0 Å². The molecule has 0 aromatic heterocycles. The molecule has 2 aliphatic carbocycles. The molecule has 1 aliphatic heterocycles. The summed E-state index contributed by atoms with van der Waals surface area (Å²) in [6.07, 6.45) is 5.41. The molecular weight excluding hydrogens is 288 g/mol. The van der Waals surface area contributed by atoms with E-state index in [2.05, 4.69) is 5.32 Å². The molecule has 0 radical (unpaired) electrons. The van der Waals surface area contributed by atoms with Crippen molar-refractivity contribution in [2.24, 2.45) is 17.8 Å². The standard InChI is InChI=1S/C19H24N2O2/c1-12-2-6-16(7-3-12)20-19(23)15-10-18(22)21(11-15)17-9-13-4-5-14(17)8-13/h2-3,6-7,13-15,17H,4-5,8-11H2,1H3,(H,20,23)/t13-,14-,15-,17+/m0/s1. The van der Waals surface area contributed by atoms with E-state index in [1.54, 1.807) is 0 Å². The van der Waals surface area contributed by atoms with E-state index >= 15 is 0 Å². The van der Waals surface area contributed by atoms with Crippen LogP contribution in [0, 0.1) is 24.7 Å². The summed E-state index contributed by atoms with van der Waals surface area (Å²) < 4.78 is 0. The summed E-state index contributed by atoms with van der Waals surface area (Å²) in [4.78, 5) is 26.9. The SMILES string of the molecule is Cc1ccc(NC(=O)[C@H]2CC(=O)N([C@@H]3C[C@H]4CC[C@H]3C4)C2)cc1. The fourth-order valence-corrected chi connectivity index (χ4v) is 4.70. The third-order valence-corrected chi connectivity index (χ3v) is 5.95. The smallest absolute Gasteiger partial charge is 0.229 e. The van der Waals surface area contributed by atoms with Crippen molar-refractivity contribution in [1.82, 2.24) is 4.90 Å². The lowest BCUT2D eigenvalue weighted by Gasteiger charge is -2.31. The normalized spacial score (nSPS) is 32.6. The molecule has 3 fully saturated rings. The molecule has 4 atom stereocenters. The maximum Gasteiger partial charge on any atom is 0.229 e. The summed E-state index contributed by atoms with van der Waals surface area (Å²) in [6, 6.07) is 8.20. The van der Waals surface area contributed by atoms with E-state index in [4.69, 9.17) is 0 Å². The minimum atomic E-state index is -0.206. The molecule has 1 saturated heterocycles. The van der Waals surface area contributed by atoms with Gasteiger partial charge in [-0.25, -0.2) is 0 Å². The number of aryl methyl sites for hydroxylation is 1. The monoisotopic (exact) mass is 312 g/mol. The first-order chi connectivity index (χ1) is 11.1. The first kappa shape index (κ1) is 14.7. The van der Waals surface area contributed by atoms with Crippen LogP contribution in [0.4, 0.5) is 5.69 Å². The Morgan fingerprint density at radius 2 is 1.96 bits per heavy atom. The summed E-state index contributed by atoms with van der Waals surface area (Å²) in [6.45, 7) is 2.62. The number of amides is 2. The number of likely N-dealkylation sites (tertiary alicyclic amines) is 1. The van der Waals surface area contributed by atoms with Crippen LogP contribution in [0.5, 0.6) is 0 Å². The van der Waals surface area contributed by atoms with Crippen LogP contribution in [0.3, 0.4) is 0 Å². The van der Waals surface area contributed by atoms with Crippen molar-refractivity contribution >= 4 is 17.5 Å². The summed E-state index contributed by atoms with van der Waals surface area (Å²) >= 11 is 0. The second kappa shape index (κ2) is 5.66. The first-order valence-corrected chi connectivity index (χ1v) is 8.77. The summed E-state index contributed by atoms with van der Waals surface area (Å²) in [5.74, 6) is 1.45. The summed E-state index contributed by atoms with van der Waals surface area (Å²) in [5.41, 5.74) is 1.98. The van der Waals surface area contributed by atoms with Gasteiger partial charge in [-0.05, 0) is 50.2 Å². The fraction of sp³-hybridized carbons (Fsp3) is 0.579. The number of benzene rings is 1. The van der Waals surface area contributed by atoms with Crippen LogP contribution in [0.25, 0.3) is 0 Å². The van der Waals surface area contributed by atoms with Gasteiger partial charge in [-0.3, -0.25) is 9.59 Å². The van der Waals surface area contributed by atoms with Crippen LogP contribution in [-0.2, 0) is 9.59 Å². The lowest BCUT2D eigenvalue weighted by molar-refractivity contribution is -0.130. The number of rotatable bonds is 3. The average Bonchev–Trinajstić information content (AvgIpc) is 3.24. The van der Waals surface area contributed by atoms with Gasteiger partial charge < -0.3 is 10.2 Å². The molecule has 2 saturated carbocycles. The lowest BCUT2D eigenvalue weighted by Crippen LogP contribution is -2.40. The van der Waals surface area contributed by atoms with Gasteiger partial charge in [0, 0.05) is 24.7 Å². The van der Waals surface area contributed by atoms with Gasteiger partial charge in [-0.1, -0.05) is 24.1 Å². The van der Waals surface area contributed by atoms with Crippen molar-refractivity contribution in [3.63, 3.8) is 0 Å². The lowest BCUT2D eigenvalue weighted by atomic mass is 9.94. The minimum absolute atomic E-state index is 0.0205. The topological polar surface area (TPSA) is 49.4 Å². The third kappa shape index (κ3) is 2.75. The van der Waals surface area contributed by atoms with E-state index in [0.717, 1.165) is 18.0 Å². The number of carbonyl (C=O) groups excluding carboxylic acids is 2. The molecule has 3 aliphatic rings. The molecule has 4 heteroatoms. The molecule has 0 unspecified atom stereocenters. The summed E-state index contributed by atoms with van der Waals surface area (Å²) in [5, 5.41) is 2.96. The molecule has 23 heavy (non-hydrogen) atoms. The predicted molar refractivity (Wildman–Crippen MR) is 88.9 cm³/mol. The highest BCUT2D eigenvalue weighted by atomic mass is 16.2. The summed E-state index contributed by atoms with van der Waals surface area (Å²) in [7, 11) is 0. The van der Waals surface area contributed by atoms with E-state index in [0.29, 0.717) is 24.9 Å². The molecule has 0 spiro atoms. The van der Waals surface area contributed by atoms with Gasteiger partial charge in [0.2, 0.25) is 11.8 Å². The van der Waals surface area contributed by atoms with Crippen LogP contribution in [0.15, 0.2) is 24.3 Å². The largest absolute Gasteiger partial charge is 0.339 e. The Bertz CT molecular complexity index is 625. The predicted octanol–water partition coefficient (Wildman–Crippen LogP) is 2.97. The highest BCUT2D eigenvalue weighted by molar-refractivity contribution is 5.97. The van der Waals surface area contributed by atoms with Crippen LogP contribution in [0.1, 0.15) is 37.7 Å². The Balaban J connectivity index is 1.39. The Labute approximate surface area is 137 Å². The first-order valence-electron chi connectivity index (χ1n) is 8.77. The molecule has 4 rings (SSSR count). The van der Waals surface area contributed by atoms with Crippen LogP contribution in [0.2, 0.25) is 0 Å². The molecule has 1 N–H and O–H groups in total. The van der Waals surface area contributed by atoms with Crippen molar-refractivity contribution in [3.05, 3.63) is 29.8 Å². The molecule has 4 nitrogen and oxygen atoms in total. The van der Waals surface area contributed by atoms with Gasteiger partial charge in [0.05, 0.1) is 5.92 Å². The number of hydrogen-bond donors (Lipinski definition) is 1. The second-order valence-electron chi connectivity index (χ2n) is 7.54. The van der Waals surface area contributed by atoms with E-state index in [1.165, 1.54) is 24.8 Å². The fourth-order valence-electron chi connectivity index (χ4n) is 4.70. The van der Waals surface area contributed by atoms with E-state index in [-0.39, 0.29) is 17.7 Å². The molecule has 2 bridgehead atoms. The van der Waals surface area contributed by atoms with Crippen molar-refractivity contribution in [2.45, 2.75) is 45.1 Å². The van der Waals surface area contributed by atoms with Gasteiger partial charge in [0.25, 0.3) is 0 Å². The zero-order valence-electron chi connectivity index (χ0n) is 13.6. The number of nitrogens with one attached hydrogen (secondary N) is 1. The van der Waals surface area contributed by atoms with Crippen LogP contribution in [-0.4, -0.2) is 29.3 Å². The van der Waals surface area contributed by atoms with Gasteiger partial charge >= 0.3 is 0 Å². The number of fused-ring (bicyclic) bond motifs is 2.